The Kier molecular flexibility index (Phi) is 4.36. The van der Waals surface area contributed by atoms with Gasteiger partial charge in [0.25, 0.3) is 11.6 Å². The third kappa shape index (κ3) is 3.85. The Hall–Kier alpha value is -2.44. The highest BCUT2D eigenvalue weighted by atomic mass is 16.6. The number of hydrogen-bond acceptors (Lipinski definition) is 5. The first-order valence-electron chi connectivity index (χ1n) is 5.16. The molecule has 1 rings (SSSR count). The molecule has 0 aliphatic rings. The molecule has 0 saturated heterocycles. The maximum atomic E-state index is 11.6. The van der Waals surface area contributed by atoms with Crippen molar-refractivity contribution in [2.24, 2.45) is 0 Å². The lowest BCUT2D eigenvalue weighted by Crippen LogP contribution is -2.32. The van der Waals surface area contributed by atoms with E-state index in [0.29, 0.717) is 0 Å². The zero-order valence-electron chi connectivity index (χ0n) is 9.88. The van der Waals surface area contributed by atoms with Crippen molar-refractivity contribution < 1.29 is 19.2 Å². The minimum absolute atomic E-state index is 0.0184. The highest BCUT2D eigenvalue weighted by Gasteiger charge is 2.15. The summed E-state index contributed by atoms with van der Waals surface area (Å²) in [6, 6.07) is 5.06. The van der Waals surface area contributed by atoms with Crippen LogP contribution in [0.3, 0.4) is 0 Å². The molecule has 0 radical (unpaired) electrons. The summed E-state index contributed by atoms with van der Waals surface area (Å²) in [5.41, 5.74) is -0.204. The van der Waals surface area contributed by atoms with Crippen LogP contribution < -0.4 is 5.32 Å². The summed E-state index contributed by atoms with van der Waals surface area (Å²) in [6.07, 6.45) is -1.25. The van der Waals surface area contributed by atoms with Gasteiger partial charge in [0.1, 0.15) is 0 Å². The SMILES string of the molecule is CC(C)OC(=O)NC(=O)c1cccc([N+](=O)[O-])c1. The number of nitro benzene ring substituents is 1. The van der Waals surface area contributed by atoms with Crippen LogP contribution in [0.4, 0.5) is 10.5 Å². The van der Waals surface area contributed by atoms with E-state index in [1.807, 2.05) is 5.32 Å². The van der Waals surface area contributed by atoms with Crippen LogP contribution in [-0.2, 0) is 4.74 Å². The normalized spacial score (nSPS) is 9.94. The van der Waals surface area contributed by atoms with E-state index in [9.17, 15) is 19.7 Å². The number of nitrogens with one attached hydrogen (secondary N) is 1. The van der Waals surface area contributed by atoms with Gasteiger partial charge in [-0.1, -0.05) is 6.07 Å². The van der Waals surface area contributed by atoms with E-state index in [2.05, 4.69) is 0 Å². The standard InChI is InChI=1S/C11H12N2O5/c1-7(2)18-11(15)12-10(14)8-4-3-5-9(6-8)13(16)17/h3-7H,1-2H3,(H,12,14,15). The molecule has 0 heterocycles. The topological polar surface area (TPSA) is 98.5 Å². The second-order valence-corrected chi connectivity index (χ2v) is 3.72. The molecule has 0 aliphatic heterocycles. The fourth-order valence-corrected chi connectivity index (χ4v) is 1.17. The first kappa shape index (κ1) is 13.6. The predicted octanol–water partition coefficient (Wildman–Crippen LogP) is 1.87. The Morgan fingerprint density at radius 3 is 2.61 bits per heavy atom. The van der Waals surface area contributed by atoms with E-state index in [1.54, 1.807) is 13.8 Å². The monoisotopic (exact) mass is 252 g/mol. The molecule has 18 heavy (non-hydrogen) atoms. The quantitative estimate of drug-likeness (QED) is 0.654. The number of benzene rings is 1. The van der Waals surface area contributed by atoms with E-state index in [0.717, 1.165) is 6.07 Å². The molecule has 2 amide bonds. The molecule has 1 N–H and O–H groups in total. The summed E-state index contributed by atoms with van der Waals surface area (Å²) < 4.78 is 4.72. The summed E-state index contributed by atoms with van der Waals surface area (Å²) in [4.78, 5) is 32.6. The largest absolute Gasteiger partial charge is 0.447 e. The molecule has 7 heteroatoms. The summed E-state index contributed by atoms with van der Waals surface area (Å²) >= 11 is 0. The van der Waals surface area contributed by atoms with Gasteiger partial charge >= 0.3 is 6.09 Å². The predicted molar refractivity (Wildman–Crippen MR) is 62.2 cm³/mol. The van der Waals surface area contributed by atoms with E-state index in [-0.39, 0.29) is 17.4 Å². The molecule has 0 spiro atoms. The lowest BCUT2D eigenvalue weighted by atomic mass is 10.2. The fourth-order valence-electron chi connectivity index (χ4n) is 1.17. The number of ether oxygens (including phenoxy) is 1. The van der Waals surface area contributed by atoms with Crippen molar-refractivity contribution in [3.05, 3.63) is 39.9 Å². The van der Waals surface area contributed by atoms with Gasteiger partial charge in [-0.3, -0.25) is 20.2 Å². The second-order valence-electron chi connectivity index (χ2n) is 3.72. The number of amides is 2. The van der Waals surface area contributed by atoms with Crippen molar-refractivity contribution in [2.45, 2.75) is 20.0 Å². The molecule has 0 atom stereocenters. The zero-order chi connectivity index (χ0) is 13.7. The van der Waals surface area contributed by atoms with Gasteiger partial charge in [0.05, 0.1) is 11.0 Å². The lowest BCUT2D eigenvalue weighted by Gasteiger charge is -2.08. The van der Waals surface area contributed by atoms with Gasteiger partial charge in [0.15, 0.2) is 0 Å². The highest BCUT2D eigenvalue weighted by Crippen LogP contribution is 2.12. The van der Waals surface area contributed by atoms with Crippen LogP contribution in [-0.4, -0.2) is 23.0 Å². The van der Waals surface area contributed by atoms with Gasteiger partial charge in [-0.25, -0.2) is 4.79 Å². The molecule has 1 aromatic rings. The average molecular weight is 252 g/mol. The maximum absolute atomic E-state index is 11.6. The van der Waals surface area contributed by atoms with Crippen LogP contribution in [0.25, 0.3) is 0 Å². The van der Waals surface area contributed by atoms with Gasteiger partial charge < -0.3 is 4.74 Å². The summed E-state index contributed by atoms with van der Waals surface area (Å²) in [5.74, 6) is -0.746. The number of rotatable bonds is 3. The zero-order valence-corrected chi connectivity index (χ0v) is 9.88. The summed E-state index contributed by atoms with van der Waals surface area (Å²) in [5, 5.41) is 12.5. The van der Waals surface area contributed by atoms with Gasteiger partial charge in [-0.15, -0.1) is 0 Å². The maximum Gasteiger partial charge on any atom is 0.414 e. The lowest BCUT2D eigenvalue weighted by molar-refractivity contribution is -0.384. The Balaban J connectivity index is 2.75. The molecule has 0 unspecified atom stereocenters. The molecule has 0 aromatic heterocycles. The molecule has 0 aliphatic carbocycles. The number of alkyl carbamates (subject to hydrolysis) is 1. The summed E-state index contributed by atoms with van der Waals surface area (Å²) in [7, 11) is 0. The third-order valence-corrected chi connectivity index (χ3v) is 1.88. The van der Waals surface area contributed by atoms with E-state index in [4.69, 9.17) is 4.74 Å². The number of imide groups is 1. The molecule has 0 bridgehead atoms. The Bertz CT molecular complexity index is 484. The van der Waals surface area contributed by atoms with Crippen LogP contribution in [0, 0.1) is 10.1 Å². The van der Waals surface area contributed by atoms with Gasteiger partial charge in [0, 0.05) is 17.7 Å². The summed E-state index contributed by atoms with van der Waals surface area (Å²) in [6.45, 7) is 3.27. The Labute approximate surface area is 103 Å². The second kappa shape index (κ2) is 5.76. The number of nitro groups is 1. The molecular formula is C11H12N2O5. The Morgan fingerprint density at radius 1 is 1.39 bits per heavy atom. The van der Waals surface area contributed by atoms with Gasteiger partial charge in [-0.2, -0.15) is 0 Å². The van der Waals surface area contributed by atoms with E-state index >= 15 is 0 Å². The first-order chi connectivity index (χ1) is 8.40. The smallest absolute Gasteiger partial charge is 0.414 e. The van der Waals surface area contributed by atoms with Gasteiger partial charge in [0.2, 0.25) is 0 Å². The number of hydrogen-bond donors (Lipinski definition) is 1. The van der Waals surface area contributed by atoms with Gasteiger partial charge in [-0.05, 0) is 19.9 Å². The molecular weight excluding hydrogens is 240 g/mol. The van der Waals surface area contributed by atoms with Crippen LogP contribution in [0.1, 0.15) is 24.2 Å². The van der Waals surface area contributed by atoms with Crippen molar-refractivity contribution in [1.82, 2.24) is 5.32 Å². The van der Waals surface area contributed by atoms with Crippen LogP contribution >= 0.6 is 0 Å². The molecule has 1 aromatic carbocycles. The number of nitrogens with zero attached hydrogens (tertiary/aromatic N) is 1. The third-order valence-electron chi connectivity index (χ3n) is 1.88. The van der Waals surface area contributed by atoms with Crippen LogP contribution in [0.15, 0.2) is 24.3 Å². The molecule has 0 saturated carbocycles. The highest BCUT2D eigenvalue weighted by molar-refractivity contribution is 6.03. The first-order valence-corrected chi connectivity index (χ1v) is 5.16. The van der Waals surface area contributed by atoms with E-state index < -0.39 is 16.9 Å². The number of carbonyl (C=O) groups excluding carboxylic acids is 2. The average Bonchev–Trinajstić information content (AvgIpc) is 2.27. The number of carbonyl (C=O) groups is 2. The molecule has 0 fully saturated rings. The van der Waals surface area contributed by atoms with Crippen LogP contribution in [0.2, 0.25) is 0 Å². The Morgan fingerprint density at radius 2 is 2.06 bits per heavy atom. The molecule has 7 nitrogen and oxygen atoms in total. The van der Waals surface area contributed by atoms with Crippen molar-refractivity contribution in [3.8, 4) is 0 Å². The fraction of sp³-hybridized carbons (Fsp3) is 0.273. The van der Waals surface area contributed by atoms with Crippen LogP contribution in [0.5, 0.6) is 0 Å². The van der Waals surface area contributed by atoms with Crippen molar-refractivity contribution in [1.29, 1.82) is 0 Å². The minimum atomic E-state index is -0.887. The van der Waals surface area contributed by atoms with Crippen molar-refractivity contribution in [3.63, 3.8) is 0 Å². The minimum Gasteiger partial charge on any atom is -0.447 e. The van der Waals surface area contributed by atoms with Crippen molar-refractivity contribution >= 4 is 17.7 Å². The van der Waals surface area contributed by atoms with Crippen molar-refractivity contribution in [2.75, 3.05) is 0 Å². The molecule has 96 valence electrons. The van der Waals surface area contributed by atoms with E-state index in [1.165, 1.54) is 18.2 Å². The number of non-ortho nitro benzene ring substituents is 1.